The second kappa shape index (κ2) is 8.58. The van der Waals surface area contributed by atoms with Crippen LogP contribution in [0.25, 0.3) is 0 Å². The van der Waals surface area contributed by atoms with Crippen LogP contribution in [0.15, 0.2) is 18.2 Å². The summed E-state index contributed by atoms with van der Waals surface area (Å²) in [4.78, 5) is 25.2. The summed E-state index contributed by atoms with van der Waals surface area (Å²) in [6.45, 7) is 5.31. The third-order valence-electron chi connectivity index (χ3n) is 4.16. The number of rotatable bonds is 6. The van der Waals surface area contributed by atoms with Crippen molar-refractivity contribution < 1.29 is 9.72 Å². The molecule has 1 aromatic carbocycles. The number of carbonyl (C=O) groups is 1. The summed E-state index contributed by atoms with van der Waals surface area (Å²) in [6, 6.07) is 4.54. The quantitative estimate of drug-likeness (QED) is 0.427. The molecule has 126 valence electrons. The number of unbranched alkanes of at least 4 members (excludes halogenated alkanes) is 1. The van der Waals surface area contributed by atoms with Crippen molar-refractivity contribution in [2.45, 2.75) is 38.6 Å². The molecule has 1 aliphatic heterocycles. The Morgan fingerprint density at radius 3 is 2.74 bits per heavy atom. The van der Waals surface area contributed by atoms with Gasteiger partial charge in [-0.05, 0) is 54.5 Å². The van der Waals surface area contributed by atoms with E-state index in [1.54, 1.807) is 6.07 Å². The van der Waals surface area contributed by atoms with Crippen LogP contribution in [0.4, 0.5) is 5.69 Å². The molecule has 0 aliphatic carbocycles. The Balaban J connectivity index is 1.93. The van der Waals surface area contributed by atoms with E-state index in [1.807, 2.05) is 22.6 Å². The number of amides is 1. The Labute approximate surface area is 149 Å². The molecule has 0 bridgehead atoms. The van der Waals surface area contributed by atoms with Gasteiger partial charge >= 0.3 is 0 Å². The molecular weight excluding hydrogens is 409 g/mol. The standard InChI is InChI=1S/C16H22IN3O3/c1-2-3-8-19-9-6-12(7-10-19)18-16(21)14-11-13(20(22)23)4-5-15(14)17/h4-5,11-12H,2-3,6-10H2,1H3,(H,18,21). The van der Waals surface area contributed by atoms with Crippen molar-refractivity contribution in [2.75, 3.05) is 19.6 Å². The van der Waals surface area contributed by atoms with Gasteiger partial charge in [0.1, 0.15) is 0 Å². The highest BCUT2D eigenvalue weighted by atomic mass is 127. The number of non-ortho nitro benzene ring substituents is 1. The average molecular weight is 431 g/mol. The van der Waals surface area contributed by atoms with E-state index in [-0.39, 0.29) is 17.6 Å². The summed E-state index contributed by atoms with van der Waals surface area (Å²) in [5.41, 5.74) is 0.332. The molecule has 1 saturated heterocycles. The minimum atomic E-state index is -0.473. The summed E-state index contributed by atoms with van der Waals surface area (Å²) in [5, 5.41) is 13.9. The molecule has 1 N–H and O–H groups in total. The van der Waals surface area contributed by atoms with E-state index in [1.165, 1.54) is 25.0 Å². The number of hydrogen-bond donors (Lipinski definition) is 1. The lowest BCUT2D eigenvalue weighted by molar-refractivity contribution is -0.384. The molecular formula is C16H22IN3O3. The number of carbonyl (C=O) groups excluding carboxylic acids is 1. The maximum atomic E-state index is 12.4. The minimum Gasteiger partial charge on any atom is -0.349 e. The fourth-order valence-corrected chi connectivity index (χ4v) is 3.33. The molecule has 0 atom stereocenters. The Morgan fingerprint density at radius 2 is 2.13 bits per heavy atom. The van der Waals surface area contributed by atoms with Crippen LogP contribution in [0.3, 0.4) is 0 Å². The molecule has 7 heteroatoms. The second-order valence-electron chi connectivity index (χ2n) is 5.86. The summed E-state index contributed by atoms with van der Waals surface area (Å²) in [6.07, 6.45) is 4.27. The molecule has 1 aromatic rings. The number of nitro benzene ring substituents is 1. The van der Waals surface area contributed by atoms with E-state index in [0.717, 1.165) is 36.0 Å². The Kier molecular flexibility index (Phi) is 6.76. The van der Waals surface area contributed by atoms with Gasteiger partial charge in [0.2, 0.25) is 0 Å². The van der Waals surface area contributed by atoms with Crippen LogP contribution < -0.4 is 5.32 Å². The molecule has 0 unspecified atom stereocenters. The predicted molar refractivity (Wildman–Crippen MR) is 97.6 cm³/mol. The SMILES string of the molecule is CCCCN1CCC(NC(=O)c2cc([N+](=O)[O-])ccc2I)CC1. The highest BCUT2D eigenvalue weighted by Crippen LogP contribution is 2.20. The zero-order chi connectivity index (χ0) is 16.8. The molecule has 2 rings (SSSR count). The number of likely N-dealkylation sites (tertiary alicyclic amines) is 1. The van der Waals surface area contributed by atoms with Gasteiger partial charge in [-0.15, -0.1) is 0 Å². The van der Waals surface area contributed by atoms with Crippen molar-refractivity contribution in [3.63, 3.8) is 0 Å². The van der Waals surface area contributed by atoms with Crippen molar-refractivity contribution >= 4 is 34.2 Å². The van der Waals surface area contributed by atoms with Crippen LogP contribution in [-0.2, 0) is 0 Å². The molecule has 0 saturated carbocycles. The summed E-state index contributed by atoms with van der Waals surface area (Å²) in [7, 11) is 0. The van der Waals surface area contributed by atoms with Crippen LogP contribution in [0, 0.1) is 13.7 Å². The van der Waals surface area contributed by atoms with Gasteiger partial charge in [0.25, 0.3) is 11.6 Å². The van der Waals surface area contributed by atoms with E-state index in [2.05, 4.69) is 17.1 Å². The molecule has 0 aromatic heterocycles. The normalized spacial score (nSPS) is 16.3. The smallest absolute Gasteiger partial charge is 0.270 e. The number of nitrogens with one attached hydrogen (secondary N) is 1. The first-order valence-corrected chi connectivity index (χ1v) is 9.06. The number of nitrogens with zero attached hydrogens (tertiary/aromatic N) is 2. The second-order valence-corrected chi connectivity index (χ2v) is 7.03. The van der Waals surface area contributed by atoms with Crippen molar-refractivity contribution in [2.24, 2.45) is 0 Å². The molecule has 1 heterocycles. The van der Waals surface area contributed by atoms with Crippen molar-refractivity contribution in [1.82, 2.24) is 10.2 Å². The number of halogens is 1. The zero-order valence-corrected chi connectivity index (χ0v) is 15.4. The molecule has 23 heavy (non-hydrogen) atoms. The van der Waals surface area contributed by atoms with Crippen LogP contribution in [0.5, 0.6) is 0 Å². The topological polar surface area (TPSA) is 75.5 Å². The molecule has 0 radical (unpaired) electrons. The lowest BCUT2D eigenvalue weighted by Gasteiger charge is -2.32. The maximum Gasteiger partial charge on any atom is 0.270 e. The van der Waals surface area contributed by atoms with Gasteiger partial charge in [0.05, 0.1) is 10.5 Å². The predicted octanol–water partition coefficient (Wildman–Crippen LogP) is 3.19. The lowest BCUT2D eigenvalue weighted by atomic mass is 10.0. The third-order valence-corrected chi connectivity index (χ3v) is 5.10. The largest absolute Gasteiger partial charge is 0.349 e. The van der Waals surface area contributed by atoms with Crippen LogP contribution in [-0.4, -0.2) is 41.4 Å². The Bertz CT molecular complexity index is 572. The Morgan fingerprint density at radius 1 is 1.43 bits per heavy atom. The molecule has 1 aliphatic rings. The molecule has 1 fully saturated rings. The van der Waals surface area contributed by atoms with Crippen LogP contribution >= 0.6 is 22.6 Å². The minimum absolute atomic E-state index is 0.0510. The summed E-state index contributed by atoms with van der Waals surface area (Å²) >= 11 is 2.04. The fraction of sp³-hybridized carbons (Fsp3) is 0.562. The van der Waals surface area contributed by atoms with Gasteiger partial charge in [-0.3, -0.25) is 14.9 Å². The van der Waals surface area contributed by atoms with E-state index in [4.69, 9.17) is 0 Å². The number of benzene rings is 1. The van der Waals surface area contributed by atoms with Gasteiger partial charge in [0.15, 0.2) is 0 Å². The molecule has 6 nitrogen and oxygen atoms in total. The number of hydrogen-bond acceptors (Lipinski definition) is 4. The number of nitro groups is 1. The highest BCUT2D eigenvalue weighted by Gasteiger charge is 2.22. The average Bonchev–Trinajstić information content (AvgIpc) is 2.54. The molecule has 0 spiro atoms. The summed E-state index contributed by atoms with van der Waals surface area (Å²) < 4.78 is 0.728. The fourth-order valence-electron chi connectivity index (χ4n) is 2.75. The highest BCUT2D eigenvalue weighted by molar-refractivity contribution is 14.1. The lowest BCUT2D eigenvalue weighted by Crippen LogP contribution is -2.45. The van der Waals surface area contributed by atoms with Gasteiger partial charge in [-0.25, -0.2) is 0 Å². The van der Waals surface area contributed by atoms with Crippen molar-refractivity contribution in [1.29, 1.82) is 0 Å². The first kappa shape index (κ1) is 18.1. The van der Waals surface area contributed by atoms with Crippen molar-refractivity contribution in [3.8, 4) is 0 Å². The van der Waals surface area contributed by atoms with Gasteiger partial charge in [-0.1, -0.05) is 13.3 Å². The maximum absolute atomic E-state index is 12.4. The van der Waals surface area contributed by atoms with Gasteiger partial charge < -0.3 is 10.2 Å². The number of piperidine rings is 1. The summed E-state index contributed by atoms with van der Waals surface area (Å²) in [5.74, 6) is -0.217. The Hall–Kier alpha value is -1.22. The van der Waals surface area contributed by atoms with E-state index in [0.29, 0.717) is 5.56 Å². The van der Waals surface area contributed by atoms with Gasteiger partial charge in [-0.2, -0.15) is 0 Å². The van der Waals surface area contributed by atoms with Crippen LogP contribution in [0.1, 0.15) is 43.0 Å². The van der Waals surface area contributed by atoms with E-state index >= 15 is 0 Å². The third kappa shape index (κ3) is 5.13. The van der Waals surface area contributed by atoms with E-state index in [9.17, 15) is 14.9 Å². The molecule has 1 amide bonds. The first-order chi connectivity index (χ1) is 11.0. The zero-order valence-electron chi connectivity index (χ0n) is 13.3. The first-order valence-electron chi connectivity index (χ1n) is 7.98. The van der Waals surface area contributed by atoms with E-state index < -0.39 is 4.92 Å². The monoisotopic (exact) mass is 431 g/mol. The van der Waals surface area contributed by atoms with Crippen LogP contribution in [0.2, 0.25) is 0 Å². The van der Waals surface area contributed by atoms with Gasteiger partial charge in [0, 0.05) is 34.8 Å². The van der Waals surface area contributed by atoms with Crippen molar-refractivity contribution in [3.05, 3.63) is 37.4 Å².